The van der Waals surface area contributed by atoms with Crippen molar-refractivity contribution in [3.63, 3.8) is 0 Å². The van der Waals surface area contributed by atoms with E-state index in [1.807, 2.05) is 12.1 Å². The Morgan fingerprint density at radius 3 is 2.65 bits per heavy atom. The summed E-state index contributed by atoms with van der Waals surface area (Å²) < 4.78 is 10.9. The summed E-state index contributed by atoms with van der Waals surface area (Å²) in [7, 11) is 0. The number of nitriles is 1. The van der Waals surface area contributed by atoms with E-state index in [9.17, 15) is 0 Å². The van der Waals surface area contributed by atoms with Crippen molar-refractivity contribution in [1.29, 1.82) is 5.26 Å². The highest BCUT2D eigenvalue weighted by Crippen LogP contribution is 2.15. The van der Waals surface area contributed by atoms with Gasteiger partial charge >= 0.3 is 0 Å². The summed E-state index contributed by atoms with van der Waals surface area (Å²) in [5, 5.41) is 8.89. The Labute approximate surface area is 118 Å². The summed E-state index contributed by atoms with van der Waals surface area (Å²) in [4.78, 5) is 8.90. The molecule has 3 heterocycles. The molecular weight excluding hydrogens is 256 g/mol. The van der Waals surface area contributed by atoms with Gasteiger partial charge in [0.25, 0.3) is 0 Å². The number of anilines is 1. The molecule has 2 fully saturated rings. The molecule has 1 aromatic rings. The smallest absolute Gasteiger partial charge is 0.170 e. The minimum Gasteiger partial charge on any atom is -0.354 e. The molecule has 0 aromatic carbocycles. The second-order valence-electron chi connectivity index (χ2n) is 4.95. The third kappa shape index (κ3) is 3.07. The van der Waals surface area contributed by atoms with Crippen LogP contribution in [0, 0.1) is 11.3 Å². The van der Waals surface area contributed by atoms with Crippen LogP contribution in [-0.4, -0.2) is 62.1 Å². The molecule has 0 saturated carbocycles. The van der Waals surface area contributed by atoms with E-state index in [4.69, 9.17) is 14.7 Å². The molecule has 0 spiro atoms. The molecule has 1 aromatic heterocycles. The van der Waals surface area contributed by atoms with Crippen molar-refractivity contribution in [2.24, 2.45) is 0 Å². The summed E-state index contributed by atoms with van der Waals surface area (Å²) in [5.74, 6) is 0.886. The maximum atomic E-state index is 8.89. The molecule has 0 aliphatic carbocycles. The van der Waals surface area contributed by atoms with Crippen LogP contribution in [0.5, 0.6) is 0 Å². The molecule has 2 saturated heterocycles. The Bertz CT molecular complexity index is 488. The topological polar surface area (TPSA) is 61.6 Å². The first kappa shape index (κ1) is 13.3. The monoisotopic (exact) mass is 274 g/mol. The first-order valence-corrected chi connectivity index (χ1v) is 6.93. The number of ether oxygens (including phenoxy) is 2. The van der Waals surface area contributed by atoms with Gasteiger partial charge in [-0.15, -0.1) is 0 Å². The zero-order valence-electron chi connectivity index (χ0n) is 11.4. The standard InChI is InChI=1S/C14H18N4O2/c15-10-12-2-1-3-13(16-12)18-6-4-17(5-7-18)11-14-19-8-9-20-14/h1-3,14H,4-9,11H2. The van der Waals surface area contributed by atoms with Crippen molar-refractivity contribution in [3.8, 4) is 6.07 Å². The van der Waals surface area contributed by atoms with Gasteiger partial charge in [0.2, 0.25) is 0 Å². The van der Waals surface area contributed by atoms with Gasteiger partial charge in [-0.05, 0) is 12.1 Å². The molecule has 0 radical (unpaired) electrons. The molecule has 6 heteroatoms. The van der Waals surface area contributed by atoms with Crippen LogP contribution in [0.3, 0.4) is 0 Å². The van der Waals surface area contributed by atoms with Gasteiger partial charge in [0.1, 0.15) is 17.6 Å². The average molecular weight is 274 g/mol. The minimum atomic E-state index is -0.0680. The Kier molecular flexibility index (Phi) is 4.11. The van der Waals surface area contributed by atoms with E-state index in [1.54, 1.807) is 6.07 Å². The number of rotatable bonds is 3. The van der Waals surface area contributed by atoms with Crippen molar-refractivity contribution in [1.82, 2.24) is 9.88 Å². The molecule has 0 amide bonds. The van der Waals surface area contributed by atoms with Gasteiger partial charge < -0.3 is 14.4 Å². The molecule has 20 heavy (non-hydrogen) atoms. The van der Waals surface area contributed by atoms with Crippen molar-refractivity contribution in [2.75, 3.05) is 50.8 Å². The Balaban J connectivity index is 1.53. The van der Waals surface area contributed by atoms with Crippen LogP contribution in [0.25, 0.3) is 0 Å². The maximum Gasteiger partial charge on any atom is 0.170 e. The Morgan fingerprint density at radius 2 is 1.95 bits per heavy atom. The fourth-order valence-electron chi connectivity index (χ4n) is 2.54. The van der Waals surface area contributed by atoms with Gasteiger partial charge in [0.05, 0.1) is 13.2 Å². The first-order chi connectivity index (χ1) is 9.85. The van der Waals surface area contributed by atoms with E-state index >= 15 is 0 Å². The Morgan fingerprint density at radius 1 is 1.20 bits per heavy atom. The third-order valence-corrected chi connectivity index (χ3v) is 3.64. The molecule has 0 bridgehead atoms. The highest BCUT2D eigenvalue weighted by molar-refractivity contribution is 5.42. The lowest BCUT2D eigenvalue weighted by atomic mass is 10.3. The predicted molar refractivity (Wildman–Crippen MR) is 73.3 cm³/mol. The quantitative estimate of drug-likeness (QED) is 0.797. The third-order valence-electron chi connectivity index (χ3n) is 3.64. The van der Waals surface area contributed by atoms with Gasteiger partial charge in [0, 0.05) is 32.7 Å². The van der Waals surface area contributed by atoms with Crippen LogP contribution >= 0.6 is 0 Å². The van der Waals surface area contributed by atoms with Crippen molar-refractivity contribution in [3.05, 3.63) is 23.9 Å². The average Bonchev–Trinajstić information content (AvgIpc) is 3.01. The van der Waals surface area contributed by atoms with Crippen LogP contribution in [0.2, 0.25) is 0 Å². The van der Waals surface area contributed by atoms with E-state index in [0.717, 1.165) is 38.5 Å². The molecule has 2 aliphatic rings. The summed E-state index contributed by atoms with van der Waals surface area (Å²) in [6, 6.07) is 7.65. The zero-order valence-corrected chi connectivity index (χ0v) is 11.4. The lowest BCUT2D eigenvalue weighted by Gasteiger charge is -2.36. The van der Waals surface area contributed by atoms with E-state index in [1.165, 1.54) is 0 Å². The summed E-state index contributed by atoms with van der Waals surface area (Å²) in [6.45, 7) is 5.98. The van der Waals surface area contributed by atoms with Gasteiger partial charge in [-0.3, -0.25) is 4.90 Å². The molecule has 0 atom stereocenters. The second-order valence-corrected chi connectivity index (χ2v) is 4.95. The minimum absolute atomic E-state index is 0.0680. The Hall–Kier alpha value is -1.68. The van der Waals surface area contributed by atoms with Crippen molar-refractivity contribution >= 4 is 5.82 Å². The predicted octanol–water partition coefficient (Wildman–Crippen LogP) is 0.448. The lowest BCUT2D eigenvalue weighted by Crippen LogP contribution is -2.49. The molecule has 106 valence electrons. The van der Waals surface area contributed by atoms with Crippen LogP contribution in [-0.2, 0) is 9.47 Å². The molecule has 0 N–H and O–H groups in total. The number of hydrogen-bond acceptors (Lipinski definition) is 6. The highest BCUT2D eigenvalue weighted by Gasteiger charge is 2.23. The van der Waals surface area contributed by atoms with E-state index in [2.05, 4.69) is 20.9 Å². The van der Waals surface area contributed by atoms with E-state index in [-0.39, 0.29) is 6.29 Å². The molecule has 0 unspecified atom stereocenters. The fraction of sp³-hybridized carbons (Fsp3) is 0.571. The molecular formula is C14H18N4O2. The number of nitrogens with zero attached hydrogens (tertiary/aromatic N) is 4. The molecule has 3 rings (SSSR count). The van der Waals surface area contributed by atoms with Crippen molar-refractivity contribution < 1.29 is 9.47 Å². The SMILES string of the molecule is N#Cc1cccc(N2CCN(CC3OCCO3)CC2)n1. The number of piperazine rings is 1. The van der Waals surface area contributed by atoms with E-state index < -0.39 is 0 Å². The largest absolute Gasteiger partial charge is 0.354 e. The van der Waals surface area contributed by atoms with E-state index in [0.29, 0.717) is 18.9 Å². The normalized spacial score (nSPS) is 21.1. The van der Waals surface area contributed by atoms with Crippen LogP contribution in [0.15, 0.2) is 18.2 Å². The number of pyridine rings is 1. The molecule has 2 aliphatic heterocycles. The number of hydrogen-bond donors (Lipinski definition) is 0. The summed E-state index contributed by atoms with van der Waals surface area (Å²) in [6.07, 6.45) is -0.0680. The summed E-state index contributed by atoms with van der Waals surface area (Å²) >= 11 is 0. The van der Waals surface area contributed by atoms with Gasteiger partial charge in [-0.2, -0.15) is 5.26 Å². The first-order valence-electron chi connectivity index (χ1n) is 6.93. The van der Waals surface area contributed by atoms with Crippen LogP contribution in [0.1, 0.15) is 5.69 Å². The second kappa shape index (κ2) is 6.18. The summed E-state index contributed by atoms with van der Waals surface area (Å²) in [5.41, 5.74) is 0.470. The number of aromatic nitrogens is 1. The van der Waals surface area contributed by atoms with Crippen molar-refractivity contribution in [2.45, 2.75) is 6.29 Å². The zero-order chi connectivity index (χ0) is 13.8. The molecule has 6 nitrogen and oxygen atoms in total. The van der Waals surface area contributed by atoms with Gasteiger partial charge in [-0.1, -0.05) is 6.07 Å². The fourth-order valence-corrected chi connectivity index (χ4v) is 2.54. The van der Waals surface area contributed by atoms with Gasteiger partial charge in [0.15, 0.2) is 6.29 Å². The van der Waals surface area contributed by atoms with Gasteiger partial charge in [-0.25, -0.2) is 4.98 Å². The van der Waals surface area contributed by atoms with Crippen LogP contribution < -0.4 is 4.90 Å². The highest BCUT2D eigenvalue weighted by atomic mass is 16.7. The lowest BCUT2D eigenvalue weighted by molar-refractivity contribution is -0.0624. The maximum absolute atomic E-state index is 8.89. The van der Waals surface area contributed by atoms with Crippen LogP contribution in [0.4, 0.5) is 5.82 Å².